The summed E-state index contributed by atoms with van der Waals surface area (Å²) in [5, 5.41) is 21.4. The molecule has 1 fully saturated rings. The Hall–Kier alpha value is -1.66. The van der Waals surface area contributed by atoms with E-state index >= 15 is 0 Å². The lowest BCUT2D eigenvalue weighted by Gasteiger charge is -2.35. The minimum atomic E-state index is -2.30. The molecule has 1 rings (SSSR count). The quantitative estimate of drug-likeness (QED) is 0.253. The van der Waals surface area contributed by atoms with Crippen molar-refractivity contribution < 1.29 is 24.2 Å². The summed E-state index contributed by atoms with van der Waals surface area (Å²) in [5.41, 5.74) is 3.16. The van der Waals surface area contributed by atoms with Crippen LogP contribution in [0.3, 0.4) is 0 Å². The second kappa shape index (κ2) is 8.10. The van der Waals surface area contributed by atoms with Crippen molar-refractivity contribution in [3.05, 3.63) is 20.2 Å². The minimum absolute atomic E-state index is 0. The molecule has 0 bridgehead atoms. The SMILES string of the molecule is COC(=O)[C@@H](N)CSCC(=O)N1CC([N+](=O)[O-])([N+](=O)[O-])C1.Cl. The van der Waals surface area contributed by atoms with Crippen molar-refractivity contribution in [2.75, 3.05) is 31.7 Å². The molecule has 0 aromatic heterocycles. The van der Waals surface area contributed by atoms with E-state index in [2.05, 4.69) is 4.74 Å². The molecule has 13 heteroatoms. The van der Waals surface area contributed by atoms with Crippen LogP contribution in [0.1, 0.15) is 0 Å². The van der Waals surface area contributed by atoms with Crippen molar-refractivity contribution in [3.63, 3.8) is 0 Å². The number of ether oxygens (including phenoxy) is 1. The summed E-state index contributed by atoms with van der Waals surface area (Å²) in [4.78, 5) is 43.1. The normalized spacial score (nSPS) is 16.7. The Morgan fingerprint density at radius 3 is 2.27 bits per heavy atom. The van der Waals surface area contributed by atoms with E-state index in [9.17, 15) is 29.8 Å². The molecular formula is C9H15ClN4O7S. The zero-order chi connectivity index (χ0) is 16.2. The molecular weight excluding hydrogens is 344 g/mol. The van der Waals surface area contributed by atoms with Crippen LogP contribution in [-0.2, 0) is 14.3 Å². The van der Waals surface area contributed by atoms with E-state index in [1.54, 1.807) is 0 Å². The van der Waals surface area contributed by atoms with Crippen molar-refractivity contribution in [3.8, 4) is 0 Å². The number of halogens is 1. The van der Waals surface area contributed by atoms with Gasteiger partial charge in [0, 0.05) is 5.75 Å². The van der Waals surface area contributed by atoms with Gasteiger partial charge in [-0.2, -0.15) is 0 Å². The van der Waals surface area contributed by atoms with Crippen LogP contribution >= 0.6 is 24.2 Å². The Morgan fingerprint density at radius 2 is 1.86 bits per heavy atom. The van der Waals surface area contributed by atoms with E-state index in [4.69, 9.17) is 5.73 Å². The highest BCUT2D eigenvalue weighted by molar-refractivity contribution is 8.00. The molecule has 1 heterocycles. The maximum atomic E-state index is 11.7. The topological polar surface area (TPSA) is 159 Å². The molecule has 1 saturated heterocycles. The van der Waals surface area contributed by atoms with Crippen molar-refractivity contribution >= 4 is 36.0 Å². The summed E-state index contributed by atoms with van der Waals surface area (Å²) < 4.78 is 4.41. The molecule has 22 heavy (non-hydrogen) atoms. The third-order valence-corrected chi connectivity index (χ3v) is 3.99. The number of likely N-dealkylation sites (tertiary alicyclic amines) is 1. The molecule has 1 aliphatic heterocycles. The van der Waals surface area contributed by atoms with Crippen molar-refractivity contribution in [1.29, 1.82) is 0 Å². The largest absolute Gasteiger partial charge is 0.492 e. The lowest BCUT2D eigenvalue weighted by atomic mass is 10.0. The lowest BCUT2D eigenvalue weighted by Crippen LogP contribution is -2.71. The molecule has 0 unspecified atom stereocenters. The molecule has 0 aromatic rings. The van der Waals surface area contributed by atoms with E-state index in [0.717, 1.165) is 16.7 Å². The van der Waals surface area contributed by atoms with Crippen LogP contribution in [0.25, 0.3) is 0 Å². The van der Waals surface area contributed by atoms with Crippen molar-refractivity contribution in [2.24, 2.45) is 5.73 Å². The summed E-state index contributed by atoms with van der Waals surface area (Å²) in [6, 6.07) is -0.874. The standard InChI is InChI=1S/C9H14N4O7S.ClH/c1-20-8(15)6(10)2-21-3-7(14)11-4-9(5-11,12(16)17)13(18)19;/h6H,2-5,10H2,1H3;1H/t6-;/m0./s1. The Labute approximate surface area is 135 Å². The number of rotatable bonds is 7. The minimum Gasteiger partial charge on any atom is -0.468 e. The molecule has 126 valence electrons. The molecule has 1 amide bonds. The zero-order valence-electron chi connectivity index (χ0n) is 11.5. The van der Waals surface area contributed by atoms with Gasteiger partial charge in [-0.05, 0) is 0 Å². The molecule has 11 nitrogen and oxygen atoms in total. The molecule has 0 aliphatic carbocycles. The predicted octanol–water partition coefficient (Wildman–Crippen LogP) is -1.27. The number of nitrogens with zero attached hydrogens (tertiary/aromatic N) is 3. The zero-order valence-corrected chi connectivity index (χ0v) is 13.1. The number of hydrogen-bond donors (Lipinski definition) is 1. The summed E-state index contributed by atoms with van der Waals surface area (Å²) in [6.07, 6.45) is 0. The van der Waals surface area contributed by atoms with Crippen LogP contribution in [0.2, 0.25) is 0 Å². The highest BCUT2D eigenvalue weighted by Gasteiger charge is 2.67. The Morgan fingerprint density at radius 1 is 1.36 bits per heavy atom. The highest BCUT2D eigenvalue weighted by atomic mass is 35.5. The number of amides is 1. The summed E-state index contributed by atoms with van der Waals surface area (Å²) in [7, 11) is 1.19. The van der Waals surface area contributed by atoms with Gasteiger partial charge in [0.25, 0.3) is 0 Å². The monoisotopic (exact) mass is 358 g/mol. The molecule has 0 saturated carbocycles. The van der Waals surface area contributed by atoms with Gasteiger partial charge in [0.05, 0.1) is 12.9 Å². The van der Waals surface area contributed by atoms with Crippen LogP contribution in [0.15, 0.2) is 0 Å². The third kappa shape index (κ3) is 4.18. The average molecular weight is 359 g/mol. The average Bonchev–Trinajstić information content (AvgIpc) is 2.35. The fourth-order valence-electron chi connectivity index (χ4n) is 1.62. The number of methoxy groups -OCH3 is 1. The first-order chi connectivity index (χ1) is 9.74. The van der Waals surface area contributed by atoms with Crippen molar-refractivity contribution in [2.45, 2.75) is 11.7 Å². The predicted molar refractivity (Wildman–Crippen MR) is 77.9 cm³/mol. The first-order valence-corrected chi connectivity index (χ1v) is 6.88. The van der Waals surface area contributed by atoms with Crippen molar-refractivity contribution in [1.82, 2.24) is 4.90 Å². The van der Waals surface area contributed by atoms with Gasteiger partial charge < -0.3 is 15.4 Å². The lowest BCUT2D eigenvalue weighted by molar-refractivity contribution is -0.809. The number of carbonyl (C=O) groups is 2. The maximum absolute atomic E-state index is 11.7. The van der Waals surface area contributed by atoms with E-state index in [-0.39, 0.29) is 23.9 Å². The number of thioether (sulfide) groups is 1. The van der Waals surface area contributed by atoms with Gasteiger partial charge in [-0.25, -0.2) is 0 Å². The highest BCUT2D eigenvalue weighted by Crippen LogP contribution is 2.25. The molecule has 2 N–H and O–H groups in total. The van der Waals surface area contributed by atoms with E-state index in [0.29, 0.717) is 0 Å². The number of nitro groups is 2. The number of esters is 1. The first-order valence-electron chi connectivity index (χ1n) is 5.72. The molecule has 1 atom stereocenters. The fraction of sp³-hybridized carbons (Fsp3) is 0.778. The van der Waals surface area contributed by atoms with E-state index in [1.165, 1.54) is 7.11 Å². The first kappa shape index (κ1) is 20.3. The Bertz CT molecular complexity index is 455. The van der Waals surface area contributed by atoms with Crippen LogP contribution in [-0.4, -0.2) is 70.0 Å². The van der Waals surface area contributed by atoms with Gasteiger partial charge in [-0.1, -0.05) is 0 Å². The molecule has 0 aromatic carbocycles. The fourth-order valence-corrected chi connectivity index (χ4v) is 2.49. The number of nitrogens with two attached hydrogens (primary N) is 1. The van der Waals surface area contributed by atoms with Gasteiger partial charge in [0.2, 0.25) is 5.91 Å². The Kier molecular flexibility index (Phi) is 7.49. The van der Waals surface area contributed by atoms with Crippen LogP contribution in [0.4, 0.5) is 0 Å². The van der Waals surface area contributed by atoms with Crippen LogP contribution in [0, 0.1) is 20.2 Å². The molecule has 1 aliphatic rings. The van der Waals surface area contributed by atoms with Gasteiger partial charge in [0.15, 0.2) is 13.1 Å². The molecule has 0 radical (unpaired) electrons. The maximum Gasteiger partial charge on any atom is 0.492 e. The number of carbonyl (C=O) groups excluding carboxylic acids is 2. The second-order valence-corrected chi connectivity index (χ2v) is 5.42. The summed E-state index contributed by atoms with van der Waals surface area (Å²) in [6.45, 7) is -1.12. The van der Waals surface area contributed by atoms with Gasteiger partial charge in [-0.15, -0.1) is 24.2 Å². The van der Waals surface area contributed by atoms with E-state index < -0.39 is 46.5 Å². The van der Waals surface area contributed by atoms with Gasteiger partial charge in [0.1, 0.15) is 15.9 Å². The molecule has 0 spiro atoms. The Balaban J connectivity index is 0.00000441. The van der Waals surface area contributed by atoms with Crippen LogP contribution in [0.5, 0.6) is 0 Å². The summed E-state index contributed by atoms with van der Waals surface area (Å²) >= 11 is 1.05. The van der Waals surface area contributed by atoms with Gasteiger partial charge in [-0.3, -0.25) is 29.8 Å². The number of hydrogen-bond acceptors (Lipinski definition) is 9. The van der Waals surface area contributed by atoms with Crippen LogP contribution < -0.4 is 5.73 Å². The van der Waals surface area contributed by atoms with Gasteiger partial charge >= 0.3 is 11.6 Å². The smallest absolute Gasteiger partial charge is 0.468 e. The third-order valence-electron chi connectivity index (χ3n) is 2.95. The van der Waals surface area contributed by atoms with E-state index in [1.807, 2.05) is 0 Å². The summed E-state index contributed by atoms with van der Waals surface area (Å²) in [5.74, 6) is -1.02. The second-order valence-electron chi connectivity index (χ2n) is 4.39.